The number of nitrogens with zero attached hydrogens (tertiary/aromatic N) is 1. The molecule has 0 aliphatic carbocycles. The number of amides is 1. The highest BCUT2D eigenvalue weighted by Gasteiger charge is 2.35. The lowest BCUT2D eigenvalue weighted by Gasteiger charge is -2.20. The number of rotatable bonds is 2. The van der Waals surface area contributed by atoms with Gasteiger partial charge in [-0.05, 0) is 25.3 Å². The summed E-state index contributed by atoms with van der Waals surface area (Å²) in [7, 11) is 0. The van der Waals surface area contributed by atoms with Gasteiger partial charge in [-0.1, -0.05) is 6.92 Å². The molecule has 0 aromatic carbocycles. The Hall–Kier alpha value is -0.610. The van der Waals surface area contributed by atoms with Gasteiger partial charge in [-0.3, -0.25) is 4.79 Å². The van der Waals surface area contributed by atoms with Crippen molar-refractivity contribution >= 4 is 5.91 Å². The lowest BCUT2D eigenvalue weighted by atomic mass is 10.00. The average molecular weight is 212 g/mol. The number of nitrogens with one attached hydrogen (secondary N) is 1. The van der Waals surface area contributed by atoms with Crippen molar-refractivity contribution in [1.29, 1.82) is 0 Å². The molecule has 3 atom stereocenters. The molecule has 0 saturated carbocycles. The topological polar surface area (TPSA) is 52.6 Å². The lowest BCUT2D eigenvalue weighted by Crippen LogP contribution is -2.42. The molecule has 15 heavy (non-hydrogen) atoms. The quantitative estimate of drug-likeness (QED) is 0.668. The van der Waals surface area contributed by atoms with E-state index in [1.54, 1.807) is 0 Å². The standard InChI is InChI=1S/C11H20N2O2/c1-8-5-13(6-9(8)7-14)11(15)10-3-2-4-12-10/h8-10,12,14H,2-7H2,1H3/t8-,9+,10+/m1/s1. The van der Waals surface area contributed by atoms with Gasteiger partial charge in [-0.2, -0.15) is 0 Å². The van der Waals surface area contributed by atoms with Crippen LogP contribution in [0.5, 0.6) is 0 Å². The molecule has 2 N–H and O–H groups in total. The summed E-state index contributed by atoms with van der Waals surface area (Å²) in [6, 6.07) is 0.0367. The molecule has 4 nitrogen and oxygen atoms in total. The first kappa shape index (κ1) is 10.9. The van der Waals surface area contributed by atoms with Crippen LogP contribution in [0.1, 0.15) is 19.8 Å². The third-order valence-electron chi connectivity index (χ3n) is 3.67. The molecule has 2 fully saturated rings. The fourth-order valence-corrected chi connectivity index (χ4v) is 2.57. The van der Waals surface area contributed by atoms with Crippen LogP contribution in [0, 0.1) is 11.8 Å². The van der Waals surface area contributed by atoms with Crippen molar-refractivity contribution in [3.8, 4) is 0 Å². The summed E-state index contributed by atoms with van der Waals surface area (Å²) >= 11 is 0. The maximum atomic E-state index is 12.0. The van der Waals surface area contributed by atoms with Crippen LogP contribution in [-0.2, 0) is 4.79 Å². The van der Waals surface area contributed by atoms with Gasteiger partial charge in [0.2, 0.25) is 5.91 Å². The van der Waals surface area contributed by atoms with Crippen LogP contribution >= 0.6 is 0 Å². The van der Waals surface area contributed by atoms with E-state index < -0.39 is 0 Å². The molecule has 2 saturated heterocycles. The monoisotopic (exact) mass is 212 g/mol. The average Bonchev–Trinajstić information content (AvgIpc) is 2.85. The Morgan fingerprint density at radius 3 is 2.87 bits per heavy atom. The molecule has 0 unspecified atom stereocenters. The van der Waals surface area contributed by atoms with Gasteiger partial charge in [-0.25, -0.2) is 0 Å². The third kappa shape index (κ3) is 2.16. The summed E-state index contributed by atoms with van der Waals surface area (Å²) < 4.78 is 0. The number of hydrogen-bond donors (Lipinski definition) is 2. The number of likely N-dealkylation sites (tertiary alicyclic amines) is 1. The predicted molar refractivity (Wildman–Crippen MR) is 57.3 cm³/mol. The normalized spacial score (nSPS) is 36.1. The van der Waals surface area contributed by atoms with Gasteiger partial charge in [-0.15, -0.1) is 0 Å². The Bertz CT molecular complexity index is 239. The van der Waals surface area contributed by atoms with Crippen molar-refractivity contribution in [2.75, 3.05) is 26.2 Å². The summed E-state index contributed by atoms with van der Waals surface area (Å²) in [5.41, 5.74) is 0. The van der Waals surface area contributed by atoms with Gasteiger partial charge in [0.15, 0.2) is 0 Å². The minimum Gasteiger partial charge on any atom is -0.396 e. The van der Waals surface area contributed by atoms with Gasteiger partial charge in [0.25, 0.3) is 0 Å². The second kappa shape index (κ2) is 4.49. The highest BCUT2D eigenvalue weighted by molar-refractivity contribution is 5.82. The minimum atomic E-state index is 0.0367. The van der Waals surface area contributed by atoms with Gasteiger partial charge in [0.1, 0.15) is 0 Å². The van der Waals surface area contributed by atoms with Crippen molar-refractivity contribution in [2.45, 2.75) is 25.8 Å². The second-order valence-corrected chi connectivity index (χ2v) is 4.81. The van der Waals surface area contributed by atoms with Crippen molar-refractivity contribution in [2.24, 2.45) is 11.8 Å². The van der Waals surface area contributed by atoms with E-state index in [0.29, 0.717) is 5.92 Å². The first-order valence-electron chi connectivity index (χ1n) is 5.85. The van der Waals surface area contributed by atoms with E-state index in [9.17, 15) is 4.79 Å². The number of carbonyl (C=O) groups excluding carboxylic acids is 1. The van der Waals surface area contributed by atoms with Crippen LogP contribution in [0.15, 0.2) is 0 Å². The number of carbonyl (C=O) groups is 1. The predicted octanol–water partition coefficient (Wildman–Crippen LogP) is -0.175. The molecule has 0 aromatic heterocycles. The van der Waals surface area contributed by atoms with Crippen LogP contribution in [0.3, 0.4) is 0 Å². The number of aliphatic hydroxyl groups excluding tert-OH is 1. The number of hydrogen-bond acceptors (Lipinski definition) is 3. The largest absolute Gasteiger partial charge is 0.396 e. The Labute approximate surface area is 90.6 Å². The molecule has 4 heteroatoms. The molecule has 1 amide bonds. The van der Waals surface area contributed by atoms with E-state index in [1.807, 2.05) is 4.90 Å². The van der Waals surface area contributed by atoms with Crippen molar-refractivity contribution < 1.29 is 9.90 Å². The van der Waals surface area contributed by atoms with E-state index in [2.05, 4.69) is 12.2 Å². The molecule has 2 aliphatic rings. The Balaban J connectivity index is 1.91. The molecule has 2 aliphatic heterocycles. The summed E-state index contributed by atoms with van der Waals surface area (Å²) in [4.78, 5) is 13.9. The van der Waals surface area contributed by atoms with Crippen LogP contribution < -0.4 is 5.32 Å². The molecule has 0 spiro atoms. The van der Waals surface area contributed by atoms with Crippen LogP contribution in [-0.4, -0.2) is 48.2 Å². The smallest absolute Gasteiger partial charge is 0.239 e. The van der Waals surface area contributed by atoms with Crippen molar-refractivity contribution in [3.63, 3.8) is 0 Å². The maximum absolute atomic E-state index is 12.0. The minimum absolute atomic E-state index is 0.0367. The molecular weight excluding hydrogens is 192 g/mol. The van der Waals surface area contributed by atoms with E-state index >= 15 is 0 Å². The van der Waals surface area contributed by atoms with Gasteiger partial charge in [0, 0.05) is 25.6 Å². The molecular formula is C11H20N2O2. The zero-order valence-corrected chi connectivity index (χ0v) is 9.28. The SMILES string of the molecule is C[C@@H]1CN(C(=O)[C@@H]2CCCN2)C[C@H]1CO. The molecule has 2 rings (SSSR count). The molecule has 0 radical (unpaired) electrons. The molecule has 86 valence electrons. The van der Waals surface area contributed by atoms with Crippen LogP contribution in [0.2, 0.25) is 0 Å². The summed E-state index contributed by atoms with van der Waals surface area (Å²) in [6.07, 6.45) is 2.07. The zero-order valence-electron chi connectivity index (χ0n) is 9.28. The molecule has 2 heterocycles. The van der Waals surface area contributed by atoms with E-state index in [4.69, 9.17) is 5.11 Å². The number of aliphatic hydroxyl groups is 1. The summed E-state index contributed by atoms with van der Waals surface area (Å²) in [5.74, 6) is 0.936. The van der Waals surface area contributed by atoms with Crippen LogP contribution in [0.4, 0.5) is 0 Å². The van der Waals surface area contributed by atoms with Gasteiger partial charge < -0.3 is 15.3 Å². The zero-order chi connectivity index (χ0) is 10.8. The Kier molecular flexibility index (Phi) is 3.26. The highest BCUT2D eigenvalue weighted by atomic mass is 16.3. The van der Waals surface area contributed by atoms with Gasteiger partial charge in [0.05, 0.1) is 6.04 Å². The summed E-state index contributed by atoms with van der Waals surface area (Å²) in [6.45, 7) is 4.80. The first-order valence-corrected chi connectivity index (χ1v) is 5.85. The van der Waals surface area contributed by atoms with E-state index in [-0.39, 0.29) is 24.5 Å². The van der Waals surface area contributed by atoms with E-state index in [0.717, 1.165) is 32.5 Å². The van der Waals surface area contributed by atoms with E-state index in [1.165, 1.54) is 0 Å². The Morgan fingerprint density at radius 1 is 1.53 bits per heavy atom. The third-order valence-corrected chi connectivity index (χ3v) is 3.67. The maximum Gasteiger partial charge on any atom is 0.239 e. The molecule has 0 bridgehead atoms. The molecule has 0 aromatic rings. The summed E-state index contributed by atoms with van der Waals surface area (Å²) in [5, 5.41) is 12.4. The van der Waals surface area contributed by atoms with Gasteiger partial charge >= 0.3 is 0 Å². The highest BCUT2D eigenvalue weighted by Crippen LogP contribution is 2.23. The second-order valence-electron chi connectivity index (χ2n) is 4.81. The van der Waals surface area contributed by atoms with Crippen LogP contribution in [0.25, 0.3) is 0 Å². The fraction of sp³-hybridized carbons (Fsp3) is 0.909. The first-order chi connectivity index (χ1) is 7.22. The lowest BCUT2D eigenvalue weighted by molar-refractivity contribution is -0.132. The van der Waals surface area contributed by atoms with Crippen molar-refractivity contribution in [1.82, 2.24) is 10.2 Å². The van der Waals surface area contributed by atoms with Crippen molar-refractivity contribution in [3.05, 3.63) is 0 Å². The Morgan fingerprint density at radius 2 is 2.33 bits per heavy atom. The fourth-order valence-electron chi connectivity index (χ4n) is 2.57.